The molecule has 0 fully saturated rings. The lowest BCUT2D eigenvalue weighted by atomic mass is 9.94. The molecule has 1 aliphatic heterocycles. The summed E-state index contributed by atoms with van der Waals surface area (Å²) in [5.74, 6) is -0.739. The summed E-state index contributed by atoms with van der Waals surface area (Å²) in [6.45, 7) is 3.45. The van der Waals surface area contributed by atoms with Crippen LogP contribution in [0.15, 0.2) is 34.8 Å². The Hall–Kier alpha value is -1.17. The Labute approximate surface area is 136 Å². The Bertz CT molecular complexity index is 663. The van der Waals surface area contributed by atoms with E-state index >= 15 is 0 Å². The second-order valence-electron chi connectivity index (χ2n) is 5.35. The fourth-order valence-corrected chi connectivity index (χ4v) is 4.41. The van der Waals surface area contributed by atoms with Crippen LogP contribution < -0.4 is 0 Å². The van der Waals surface area contributed by atoms with E-state index in [1.807, 2.05) is 18.2 Å². The number of aliphatic carboxylic acids is 1. The minimum atomic E-state index is -0.739. The topological polar surface area (TPSA) is 40.5 Å². The average molecular weight is 366 g/mol. The average Bonchev–Trinajstić information content (AvgIpc) is 2.76. The highest BCUT2D eigenvalue weighted by Crippen LogP contribution is 2.30. The van der Waals surface area contributed by atoms with Gasteiger partial charge in [-0.15, -0.1) is 11.3 Å². The number of hydrogen-bond acceptors (Lipinski definition) is 3. The first kappa shape index (κ1) is 14.8. The molecule has 0 amide bonds. The predicted octanol–water partition coefficient (Wildman–Crippen LogP) is 3.83. The minimum absolute atomic E-state index is 0.443. The highest BCUT2D eigenvalue weighted by Gasteiger charge is 2.31. The number of rotatable bonds is 3. The van der Waals surface area contributed by atoms with Crippen LogP contribution in [0.3, 0.4) is 0 Å². The fourth-order valence-electron chi connectivity index (χ4n) is 2.78. The fraction of sp³-hybridized carbons (Fsp3) is 0.312. The van der Waals surface area contributed by atoms with E-state index in [2.05, 4.69) is 39.9 Å². The molecule has 1 unspecified atom stereocenters. The summed E-state index contributed by atoms with van der Waals surface area (Å²) >= 11 is 5.25. The van der Waals surface area contributed by atoms with Crippen LogP contribution in [0.1, 0.15) is 20.9 Å². The van der Waals surface area contributed by atoms with Gasteiger partial charge in [0.15, 0.2) is 0 Å². The normalized spacial score (nSPS) is 18.5. The first-order chi connectivity index (χ1) is 10.0. The molecule has 1 aromatic heterocycles. The van der Waals surface area contributed by atoms with Crippen molar-refractivity contribution >= 4 is 33.2 Å². The first-order valence-corrected chi connectivity index (χ1v) is 8.44. The third-order valence-electron chi connectivity index (χ3n) is 3.90. The second-order valence-corrected chi connectivity index (χ2v) is 7.54. The van der Waals surface area contributed by atoms with E-state index in [1.54, 1.807) is 11.3 Å². The number of hydrogen-bond donors (Lipinski definition) is 1. The third kappa shape index (κ3) is 3.05. The van der Waals surface area contributed by atoms with E-state index in [0.717, 1.165) is 10.0 Å². The number of carbonyl (C=O) groups is 1. The standard InChI is InChI=1S/C16H16BrNO2S/c1-10-14(17)7-13(21-10)9-18-8-12-5-3-2-4-11(12)6-15(18)16(19)20/h2-5,7,15H,6,8-9H2,1H3,(H,19,20). The molecule has 5 heteroatoms. The van der Waals surface area contributed by atoms with Gasteiger partial charge < -0.3 is 5.11 Å². The van der Waals surface area contributed by atoms with Crippen molar-refractivity contribution in [3.63, 3.8) is 0 Å². The van der Waals surface area contributed by atoms with Gasteiger partial charge in [0, 0.05) is 27.3 Å². The SMILES string of the molecule is Cc1sc(CN2Cc3ccccc3CC2C(=O)O)cc1Br. The zero-order valence-electron chi connectivity index (χ0n) is 11.7. The third-order valence-corrected chi connectivity index (χ3v) is 6.02. The van der Waals surface area contributed by atoms with Crippen molar-refractivity contribution in [3.05, 3.63) is 55.7 Å². The number of thiophene rings is 1. The molecule has 3 rings (SSSR count). The van der Waals surface area contributed by atoms with Crippen molar-refractivity contribution in [1.82, 2.24) is 4.90 Å². The molecule has 0 saturated carbocycles. The lowest BCUT2D eigenvalue weighted by Crippen LogP contribution is -2.44. The van der Waals surface area contributed by atoms with Gasteiger partial charge in [0.2, 0.25) is 0 Å². The molecule has 0 saturated heterocycles. The lowest BCUT2D eigenvalue weighted by molar-refractivity contribution is -0.144. The molecule has 0 aliphatic carbocycles. The van der Waals surface area contributed by atoms with Crippen LogP contribution in [0, 0.1) is 6.92 Å². The molecule has 1 atom stereocenters. The molecular formula is C16H16BrNO2S. The van der Waals surface area contributed by atoms with Crippen LogP contribution in [0.2, 0.25) is 0 Å². The molecule has 0 radical (unpaired) electrons. The molecule has 0 spiro atoms. The van der Waals surface area contributed by atoms with E-state index in [9.17, 15) is 9.90 Å². The molecular weight excluding hydrogens is 350 g/mol. The van der Waals surface area contributed by atoms with Gasteiger partial charge in [-0.1, -0.05) is 24.3 Å². The number of aryl methyl sites for hydroxylation is 1. The molecule has 0 bridgehead atoms. The summed E-state index contributed by atoms with van der Waals surface area (Å²) in [7, 11) is 0. The van der Waals surface area contributed by atoms with E-state index in [0.29, 0.717) is 19.5 Å². The van der Waals surface area contributed by atoms with Gasteiger partial charge in [-0.2, -0.15) is 0 Å². The largest absolute Gasteiger partial charge is 0.480 e. The summed E-state index contributed by atoms with van der Waals surface area (Å²) in [5, 5.41) is 9.52. The molecule has 2 aromatic rings. The molecule has 2 heterocycles. The molecule has 1 aromatic carbocycles. The Morgan fingerprint density at radius 3 is 2.76 bits per heavy atom. The van der Waals surface area contributed by atoms with Gasteiger partial charge in [0.25, 0.3) is 0 Å². The Kier molecular flexibility index (Phi) is 4.15. The van der Waals surface area contributed by atoms with Crippen molar-refractivity contribution in [2.45, 2.75) is 32.5 Å². The van der Waals surface area contributed by atoms with Gasteiger partial charge in [0.1, 0.15) is 6.04 Å². The number of halogens is 1. The molecule has 3 nitrogen and oxygen atoms in total. The Morgan fingerprint density at radius 1 is 1.43 bits per heavy atom. The monoisotopic (exact) mass is 365 g/mol. The highest BCUT2D eigenvalue weighted by molar-refractivity contribution is 9.10. The molecule has 110 valence electrons. The van der Waals surface area contributed by atoms with Crippen molar-refractivity contribution in [2.75, 3.05) is 0 Å². The second kappa shape index (κ2) is 5.91. The van der Waals surface area contributed by atoms with Crippen molar-refractivity contribution in [1.29, 1.82) is 0 Å². The van der Waals surface area contributed by atoms with E-state index in [4.69, 9.17) is 0 Å². The minimum Gasteiger partial charge on any atom is -0.480 e. The number of nitrogens with zero attached hydrogens (tertiary/aromatic N) is 1. The summed E-state index contributed by atoms with van der Waals surface area (Å²) in [5.41, 5.74) is 2.40. The van der Waals surface area contributed by atoms with Gasteiger partial charge in [-0.05, 0) is 46.5 Å². The first-order valence-electron chi connectivity index (χ1n) is 6.83. The molecule has 21 heavy (non-hydrogen) atoms. The summed E-state index contributed by atoms with van der Waals surface area (Å²) < 4.78 is 1.10. The van der Waals surface area contributed by atoms with Gasteiger partial charge >= 0.3 is 5.97 Å². The van der Waals surface area contributed by atoms with Crippen molar-refractivity contribution < 1.29 is 9.90 Å². The highest BCUT2D eigenvalue weighted by atomic mass is 79.9. The quantitative estimate of drug-likeness (QED) is 0.898. The summed E-state index contributed by atoms with van der Waals surface area (Å²) in [6.07, 6.45) is 0.580. The Balaban J connectivity index is 1.87. The Morgan fingerprint density at radius 2 is 2.14 bits per heavy atom. The van der Waals surface area contributed by atoms with Crippen molar-refractivity contribution in [3.8, 4) is 0 Å². The predicted molar refractivity (Wildman–Crippen MR) is 87.6 cm³/mol. The summed E-state index contributed by atoms with van der Waals surface area (Å²) in [4.78, 5) is 16.1. The van der Waals surface area contributed by atoms with Crippen LogP contribution >= 0.6 is 27.3 Å². The van der Waals surface area contributed by atoms with E-state index < -0.39 is 12.0 Å². The zero-order valence-corrected chi connectivity index (χ0v) is 14.1. The van der Waals surface area contributed by atoms with Gasteiger partial charge in [-0.3, -0.25) is 9.69 Å². The van der Waals surface area contributed by atoms with Crippen molar-refractivity contribution in [2.24, 2.45) is 0 Å². The maximum Gasteiger partial charge on any atom is 0.321 e. The van der Waals surface area contributed by atoms with Crippen LogP contribution in [-0.4, -0.2) is 22.0 Å². The number of carboxylic acids is 1. The van der Waals surface area contributed by atoms with Gasteiger partial charge in [-0.25, -0.2) is 0 Å². The van der Waals surface area contributed by atoms with Crippen LogP contribution in [0.25, 0.3) is 0 Å². The number of fused-ring (bicyclic) bond motifs is 1. The number of benzene rings is 1. The maximum absolute atomic E-state index is 11.6. The van der Waals surface area contributed by atoms with Crippen LogP contribution in [0.4, 0.5) is 0 Å². The van der Waals surface area contributed by atoms with Crippen LogP contribution in [-0.2, 0) is 24.3 Å². The number of carboxylic acid groups (broad SMARTS) is 1. The zero-order chi connectivity index (χ0) is 15.0. The van der Waals surface area contributed by atoms with E-state index in [-0.39, 0.29) is 0 Å². The lowest BCUT2D eigenvalue weighted by Gasteiger charge is -2.34. The molecule has 1 N–H and O–H groups in total. The summed E-state index contributed by atoms with van der Waals surface area (Å²) in [6, 6.07) is 9.78. The maximum atomic E-state index is 11.6. The van der Waals surface area contributed by atoms with Gasteiger partial charge in [0.05, 0.1) is 0 Å². The smallest absolute Gasteiger partial charge is 0.321 e. The van der Waals surface area contributed by atoms with E-state index in [1.165, 1.54) is 15.3 Å². The molecule has 1 aliphatic rings. The van der Waals surface area contributed by atoms with Crippen LogP contribution in [0.5, 0.6) is 0 Å².